The lowest BCUT2D eigenvalue weighted by atomic mass is 9.98. The fourth-order valence-corrected chi connectivity index (χ4v) is 2.54. The molecule has 3 rings (SSSR count). The van der Waals surface area contributed by atoms with Gasteiger partial charge in [-0.1, -0.05) is 30.3 Å². The van der Waals surface area contributed by atoms with Crippen molar-refractivity contribution in [2.24, 2.45) is 5.73 Å². The number of halogens is 1. The minimum Gasteiger partial charge on any atom is -0.489 e. The van der Waals surface area contributed by atoms with Crippen molar-refractivity contribution in [3.05, 3.63) is 71.6 Å². The molecule has 0 unspecified atom stereocenters. The molecule has 0 fully saturated rings. The maximum atomic E-state index is 14.4. The lowest BCUT2D eigenvalue weighted by molar-refractivity contribution is 0.310. The predicted octanol–water partition coefficient (Wildman–Crippen LogP) is 3.72. The van der Waals surface area contributed by atoms with Crippen LogP contribution < -0.4 is 10.5 Å². The van der Waals surface area contributed by atoms with E-state index in [1.54, 1.807) is 19.3 Å². The van der Waals surface area contributed by atoms with Gasteiger partial charge in [-0.15, -0.1) is 0 Å². The van der Waals surface area contributed by atoms with E-state index >= 15 is 0 Å². The van der Waals surface area contributed by atoms with Gasteiger partial charge in [0.15, 0.2) is 18.0 Å². The van der Waals surface area contributed by atoms with Gasteiger partial charge >= 0.3 is 0 Å². The van der Waals surface area contributed by atoms with Crippen molar-refractivity contribution >= 4 is 0 Å². The maximum absolute atomic E-state index is 14.4. The van der Waals surface area contributed by atoms with Crippen molar-refractivity contribution < 1.29 is 13.5 Å². The number of oxazole rings is 1. The first-order valence-electron chi connectivity index (χ1n) is 7.77. The molecular weight excluding hydrogens is 307 g/mol. The standard InChI is InChI=1S/C19H19FN2O2/c1-13-16(6-7-18(19(13)20)24-9-8-21)10-14-2-4-15(5-3-14)17-11-23-12-22-17/h2-7,11-12H,8-10,21H2,1H3. The topological polar surface area (TPSA) is 61.3 Å². The molecule has 3 aromatic rings. The zero-order chi connectivity index (χ0) is 16.9. The Morgan fingerprint density at radius 1 is 1.17 bits per heavy atom. The first-order valence-corrected chi connectivity index (χ1v) is 7.77. The lowest BCUT2D eigenvalue weighted by Crippen LogP contribution is -2.11. The average Bonchev–Trinajstić information content (AvgIpc) is 3.14. The van der Waals surface area contributed by atoms with Gasteiger partial charge in [0.25, 0.3) is 0 Å². The number of nitrogens with zero attached hydrogens (tertiary/aromatic N) is 1. The average molecular weight is 326 g/mol. The summed E-state index contributed by atoms with van der Waals surface area (Å²) in [4.78, 5) is 4.12. The molecule has 0 saturated heterocycles. The van der Waals surface area contributed by atoms with E-state index in [0.29, 0.717) is 25.1 Å². The van der Waals surface area contributed by atoms with Crippen molar-refractivity contribution in [1.82, 2.24) is 4.98 Å². The fourth-order valence-electron chi connectivity index (χ4n) is 2.54. The maximum Gasteiger partial charge on any atom is 0.181 e. The van der Waals surface area contributed by atoms with Gasteiger partial charge in [-0.2, -0.15) is 0 Å². The smallest absolute Gasteiger partial charge is 0.181 e. The van der Waals surface area contributed by atoms with Crippen LogP contribution in [0.5, 0.6) is 5.75 Å². The summed E-state index contributed by atoms with van der Waals surface area (Å²) in [6.07, 6.45) is 3.66. The molecule has 1 aromatic heterocycles. The first-order chi connectivity index (χ1) is 11.7. The second kappa shape index (κ2) is 7.27. The molecule has 0 aliphatic carbocycles. The van der Waals surface area contributed by atoms with Crippen LogP contribution in [-0.4, -0.2) is 18.1 Å². The quantitative estimate of drug-likeness (QED) is 0.750. The molecule has 24 heavy (non-hydrogen) atoms. The molecule has 124 valence electrons. The summed E-state index contributed by atoms with van der Waals surface area (Å²) in [5, 5.41) is 0. The first kappa shape index (κ1) is 16.2. The third-order valence-corrected chi connectivity index (χ3v) is 3.92. The van der Waals surface area contributed by atoms with Crippen LogP contribution in [0.25, 0.3) is 11.3 Å². The van der Waals surface area contributed by atoms with Gasteiger partial charge in [0.05, 0.1) is 0 Å². The second-order valence-corrected chi connectivity index (χ2v) is 5.55. The zero-order valence-corrected chi connectivity index (χ0v) is 13.5. The van der Waals surface area contributed by atoms with Crippen LogP contribution in [0, 0.1) is 12.7 Å². The van der Waals surface area contributed by atoms with E-state index in [0.717, 1.165) is 22.4 Å². The normalized spacial score (nSPS) is 10.8. The summed E-state index contributed by atoms with van der Waals surface area (Å²) in [7, 11) is 0. The Hall–Kier alpha value is -2.66. The number of benzene rings is 2. The Morgan fingerprint density at radius 3 is 2.62 bits per heavy atom. The summed E-state index contributed by atoms with van der Waals surface area (Å²) in [6.45, 7) is 2.43. The Kier molecular flexibility index (Phi) is 4.91. The van der Waals surface area contributed by atoms with E-state index in [4.69, 9.17) is 14.9 Å². The molecular formula is C19H19FN2O2. The van der Waals surface area contributed by atoms with Crippen molar-refractivity contribution in [3.8, 4) is 17.0 Å². The van der Waals surface area contributed by atoms with E-state index in [2.05, 4.69) is 4.98 Å². The highest BCUT2D eigenvalue weighted by Gasteiger charge is 2.11. The molecule has 2 N–H and O–H groups in total. The number of aromatic nitrogens is 1. The minimum absolute atomic E-state index is 0.253. The van der Waals surface area contributed by atoms with Crippen molar-refractivity contribution in [1.29, 1.82) is 0 Å². The summed E-state index contributed by atoms with van der Waals surface area (Å²) >= 11 is 0. The van der Waals surface area contributed by atoms with Crippen molar-refractivity contribution in [2.75, 3.05) is 13.2 Å². The molecule has 0 radical (unpaired) electrons. The van der Waals surface area contributed by atoms with Gasteiger partial charge in [0, 0.05) is 12.1 Å². The number of hydrogen-bond donors (Lipinski definition) is 1. The Bertz CT molecular complexity index is 799. The number of nitrogens with two attached hydrogens (primary N) is 1. The minimum atomic E-state index is -0.319. The molecule has 0 spiro atoms. The highest BCUT2D eigenvalue weighted by Crippen LogP contribution is 2.26. The summed E-state index contributed by atoms with van der Waals surface area (Å²) in [6, 6.07) is 11.6. The number of rotatable bonds is 6. The monoisotopic (exact) mass is 326 g/mol. The predicted molar refractivity (Wildman–Crippen MR) is 90.4 cm³/mol. The van der Waals surface area contributed by atoms with Gasteiger partial charge < -0.3 is 14.9 Å². The summed E-state index contributed by atoms with van der Waals surface area (Å²) in [5.74, 6) is -0.0664. The van der Waals surface area contributed by atoms with E-state index in [-0.39, 0.29) is 11.6 Å². The third-order valence-electron chi connectivity index (χ3n) is 3.92. The highest BCUT2D eigenvalue weighted by molar-refractivity contribution is 5.58. The van der Waals surface area contributed by atoms with Gasteiger partial charge in [0.1, 0.15) is 18.6 Å². The molecule has 0 aliphatic rings. The van der Waals surface area contributed by atoms with Crippen molar-refractivity contribution in [3.63, 3.8) is 0 Å². The lowest BCUT2D eigenvalue weighted by Gasteiger charge is -2.12. The van der Waals surface area contributed by atoms with Gasteiger partial charge in [0.2, 0.25) is 0 Å². The third kappa shape index (κ3) is 3.46. The second-order valence-electron chi connectivity index (χ2n) is 5.55. The molecule has 0 atom stereocenters. The van der Waals surface area contributed by atoms with Gasteiger partial charge in [-0.05, 0) is 36.1 Å². The molecule has 0 aliphatic heterocycles. The molecule has 5 heteroatoms. The number of hydrogen-bond acceptors (Lipinski definition) is 4. The molecule has 0 saturated carbocycles. The van der Waals surface area contributed by atoms with Crippen LogP contribution in [0.4, 0.5) is 4.39 Å². The zero-order valence-electron chi connectivity index (χ0n) is 13.5. The SMILES string of the molecule is Cc1c(Cc2ccc(-c3cocn3)cc2)ccc(OCCN)c1F. The molecule has 2 aromatic carbocycles. The highest BCUT2D eigenvalue weighted by atomic mass is 19.1. The van der Waals surface area contributed by atoms with E-state index in [1.165, 1.54) is 6.39 Å². The van der Waals surface area contributed by atoms with E-state index in [1.807, 2.05) is 30.3 Å². The van der Waals surface area contributed by atoms with Crippen LogP contribution in [-0.2, 0) is 6.42 Å². The number of ether oxygens (including phenoxy) is 1. The molecule has 4 nitrogen and oxygen atoms in total. The Morgan fingerprint density at radius 2 is 1.96 bits per heavy atom. The van der Waals surface area contributed by atoms with Gasteiger partial charge in [-0.25, -0.2) is 9.37 Å². The molecule has 0 amide bonds. The largest absolute Gasteiger partial charge is 0.489 e. The summed E-state index contributed by atoms with van der Waals surface area (Å²) < 4.78 is 24.7. The van der Waals surface area contributed by atoms with Crippen molar-refractivity contribution in [2.45, 2.75) is 13.3 Å². The van der Waals surface area contributed by atoms with Crippen LogP contribution in [0.3, 0.4) is 0 Å². The van der Waals surface area contributed by atoms with Crippen LogP contribution in [0.15, 0.2) is 53.5 Å². The van der Waals surface area contributed by atoms with Crippen LogP contribution in [0.2, 0.25) is 0 Å². The Labute approximate surface area is 140 Å². The fraction of sp³-hybridized carbons (Fsp3) is 0.211. The van der Waals surface area contributed by atoms with E-state index in [9.17, 15) is 4.39 Å². The molecule has 0 bridgehead atoms. The molecule has 1 heterocycles. The van der Waals surface area contributed by atoms with E-state index < -0.39 is 0 Å². The van der Waals surface area contributed by atoms with Crippen LogP contribution in [0.1, 0.15) is 16.7 Å². The Balaban J connectivity index is 1.77. The summed E-state index contributed by atoms with van der Waals surface area (Å²) in [5.41, 5.74) is 9.80. The van der Waals surface area contributed by atoms with Crippen LogP contribution >= 0.6 is 0 Å². The van der Waals surface area contributed by atoms with Gasteiger partial charge in [-0.3, -0.25) is 0 Å².